The first kappa shape index (κ1) is 15.9. The highest BCUT2D eigenvalue weighted by molar-refractivity contribution is 6.07. The molecule has 6 nitrogen and oxygen atoms in total. The zero-order valence-corrected chi connectivity index (χ0v) is 13.5. The summed E-state index contributed by atoms with van der Waals surface area (Å²) >= 11 is 0. The molecular weight excluding hydrogens is 308 g/mol. The Hall–Kier alpha value is -3.02. The zero-order valence-electron chi connectivity index (χ0n) is 13.5. The van der Waals surface area contributed by atoms with Crippen LogP contribution in [0.2, 0.25) is 0 Å². The van der Waals surface area contributed by atoms with E-state index in [4.69, 9.17) is 9.47 Å². The van der Waals surface area contributed by atoms with E-state index in [9.17, 15) is 9.59 Å². The highest BCUT2D eigenvalue weighted by Gasteiger charge is 2.18. The number of benzene rings is 2. The molecule has 0 aliphatic carbocycles. The minimum absolute atomic E-state index is 0.0143. The highest BCUT2D eigenvalue weighted by Crippen LogP contribution is 2.32. The van der Waals surface area contributed by atoms with Crippen molar-refractivity contribution in [3.05, 3.63) is 47.5 Å². The molecule has 2 N–H and O–H groups in total. The molecule has 1 aliphatic rings. The van der Waals surface area contributed by atoms with Crippen LogP contribution < -0.4 is 20.1 Å². The number of hydrogen-bond donors (Lipinski definition) is 2. The van der Waals surface area contributed by atoms with Gasteiger partial charge in [0.1, 0.15) is 0 Å². The van der Waals surface area contributed by atoms with Crippen molar-refractivity contribution in [1.82, 2.24) is 0 Å². The number of para-hydroxylation sites is 1. The van der Waals surface area contributed by atoms with Gasteiger partial charge in [-0.05, 0) is 42.3 Å². The second-order valence-corrected chi connectivity index (χ2v) is 5.42. The first-order chi connectivity index (χ1) is 11.6. The summed E-state index contributed by atoms with van der Waals surface area (Å²) in [5, 5.41) is 5.68. The molecule has 1 heterocycles. The normalized spacial score (nSPS) is 12.8. The number of rotatable bonds is 4. The molecule has 3 rings (SSSR count). The number of aryl methyl sites for hydroxylation is 1. The number of amides is 2. The monoisotopic (exact) mass is 326 g/mol. The van der Waals surface area contributed by atoms with E-state index >= 15 is 0 Å². The molecule has 124 valence electrons. The number of carbonyl (C=O) groups excluding carboxylic acids is 2. The molecule has 1 aliphatic heterocycles. The molecule has 2 aromatic rings. The molecule has 0 saturated heterocycles. The largest absolute Gasteiger partial charge is 0.493 e. The van der Waals surface area contributed by atoms with Gasteiger partial charge in [-0.2, -0.15) is 0 Å². The summed E-state index contributed by atoms with van der Waals surface area (Å²) in [7, 11) is 3.02. The quantitative estimate of drug-likeness (QED) is 0.906. The summed E-state index contributed by atoms with van der Waals surface area (Å²) in [6.45, 7) is 0. The molecule has 0 aromatic heterocycles. The van der Waals surface area contributed by atoms with Gasteiger partial charge in [-0.15, -0.1) is 0 Å². The van der Waals surface area contributed by atoms with Crippen LogP contribution in [0.25, 0.3) is 0 Å². The second kappa shape index (κ2) is 6.62. The van der Waals surface area contributed by atoms with Gasteiger partial charge in [0.25, 0.3) is 5.91 Å². The summed E-state index contributed by atoms with van der Waals surface area (Å²) in [6, 6.07) is 10.6. The number of methoxy groups -OCH3 is 2. The lowest BCUT2D eigenvalue weighted by Crippen LogP contribution is -2.19. The molecule has 24 heavy (non-hydrogen) atoms. The van der Waals surface area contributed by atoms with Gasteiger partial charge < -0.3 is 20.1 Å². The number of hydrogen-bond acceptors (Lipinski definition) is 4. The fourth-order valence-electron chi connectivity index (χ4n) is 2.73. The van der Waals surface area contributed by atoms with Gasteiger partial charge >= 0.3 is 0 Å². The van der Waals surface area contributed by atoms with E-state index in [-0.39, 0.29) is 11.8 Å². The van der Waals surface area contributed by atoms with E-state index in [1.807, 2.05) is 6.07 Å². The summed E-state index contributed by atoms with van der Waals surface area (Å²) in [5.74, 6) is 0.618. The van der Waals surface area contributed by atoms with Gasteiger partial charge in [0, 0.05) is 17.8 Å². The Kier molecular flexibility index (Phi) is 4.37. The van der Waals surface area contributed by atoms with Crippen LogP contribution in [0.1, 0.15) is 22.3 Å². The number of nitrogens with one attached hydrogen (secondary N) is 2. The minimum Gasteiger partial charge on any atom is -0.493 e. The molecule has 0 saturated carbocycles. The van der Waals surface area contributed by atoms with Crippen LogP contribution in [-0.2, 0) is 11.2 Å². The van der Waals surface area contributed by atoms with Crippen LogP contribution in [-0.4, -0.2) is 26.0 Å². The van der Waals surface area contributed by atoms with E-state index in [0.29, 0.717) is 35.6 Å². The Labute approximate surface area is 139 Å². The topological polar surface area (TPSA) is 76.7 Å². The van der Waals surface area contributed by atoms with Gasteiger partial charge in [-0.25, -0.2) is 0 Å². The van der Waals surface area contributed by atoms with Gasteiger partial charge in [0.2, 0.25) is 5.91 Å². The van der Waals surface area contributed by atoms with Gasteiger partial charge in [0.15, 0.2) is 11.5 Å². The standard InChI is InChI=1S/C18H18N2O4/c1-23-15-5-3-4-13(17(15)24-2)18(22)19-12-7-8-14-11(10-12)6-9-16(21)20-14/h3-5,7-8,10H,6,9H2,1-2H3,(H,19,22)(H,20,21). The molecule has 0 unspecified atom stereocenters. The van der Waals surface area contributed by atoms with Crippen molar-refractivity contribution in [3.8, 4) is 11.5 Å². The molecule has 0 atom stereocenters. The first-order valence-electron chi connectivity index (χ1n) is 7.57. The van der Waals surface area contributed by atoms with E-state index in [2.05, 4.69) is 10.6 Å². The van der Waals surface area contributed by atoms with Crippen molar-refractivity contribution in [2.24, 2.45) is 0 Å². The molecule has 6 heteroatoms. The average molecular weight is 326 g/mol. The van der Waals surface area contributed by atoms with Crippen molar-refractivity contribution < 1.29 is 19.1 Å². The highest BCUT2D eigenvalue weighted by atomic mass is 16.5. The molecule has 0 spiro atoms. The fraction of sp³-hybridized carbons (Fsp3) is 0.222. The van der Waals surface area contributed by atoms with E-state index in [1.165, 1.54) is 14.2 Å². The lowest BCUT2D eigenvalue weighted by Gasteiger charge is -2.18. The van der Waals surface area contributed by atoms with Crippen LogP contribution in [0.5, 0.6) is 11.5 Å². The Morgan fingerprint density at radius 2 is 1.96 bits per heavy atom. The van der Waals surface area contributed by atoms with Gasteiger partial charge in [0.05, 0.1) is 19.8 Å². The third kappa shape index (κ3) is 3.03. The van der Waals surface area contributed by atoms with Crippen molar-refractivity contribution in [1.29, 1.82) is 0 Å². The van der Waals surface area contributed by atoms with Crippen LogP contribution in [0.3, 0.4) is 0 Å². The SMILES string of the molecule is COc1cccc(C(=O)Nc2ccc3c(c2)CCC(=O)N3)c1OC. The Morgan fingerprint density at radius 3 is 2.71 bits per heavy atom. The van der Waals surface area contributed by atoms with E-state index in [1.54, 1.807) is 30.3 Å². The fourth-order valence-corrected chi connectivity index (χ4v) is 2.73. The zero-order chi connectivity index (χ0) is 17.1. The lowest BCUT2D eigenvalue weighted by molar-refractivity contribution is -0.116. The molecule has 2 aromatic carbocycles. The van der Waals surface area contributed by atoms with Crippen LogP contribution in [0.15, 0.2) is 36.4 Å². The van der Waals surface area contributed by atoms with Crippen molar-refractivity contribution in [2.75, 3.05) is 24.9 Å². The Bertz CT molecular complexity index is 802. The maximum Gasteiger partial charge on any atom is 0.259 e. The third-order valence-corrected chi connectivity index (χ3v) is 3.91. The van der Waals surface area contributed by atoms with Crippen molar-refractivity contribution in [3.63, 3.8) is 0 Å². The van der Waals surface area contributed by atoms with Gasteiger partial charge in [-0.3, -0.25) is 9.59 Å². The van der Waals surface area contributed by atoms with Crippen LogP contribution >= 0.6 is 0 Å². The molecular formula is C18H18N2O4. The molecule has 0 bridgehead atoms. The third-order valence-electron chi connectivity index (χ3n) is 3.91. The van der Waals surface area contributed by atoms with Crippen LogP contribution in [0, 0.1) is 0 Å². The average Bonchev–Trinajstić information content (AvgIpc) is 2.60. The number of fused-ring (bicyclic) bond motifs is 1. The van der Waals surface area contributed by atoms with Crippen molar-refractivity contribution in [2.45, 2.75) is 12.8 Å². The Balaban J connectivity index is 1.84. The summed E-state index contributed by atoms with van der Waals surface area (Å²) in [4.78, 5) is 24.0. The Morgan fingerprint density at radius 1 is 1.12 bits per heavy atom. The predicted molar refractivity (Wildman–Crippen MR) is 90.9 cm³/mol. The maximum atomic E-state index is 12.6. The van der Waals surface area contributed by atoms with E-state index in [0.717, 1.165) is 11.3 Å². The first-order valence-corrected chi connectivity index (χ1v) is 7.57. The smallest absolute Gasteiger partial charge is 0.259 e. The summed E-state index contributed by atoms with van der Waals surface area (Å²) < 4.78 is 10.5. The molecule has 2 amide bonds. The van der Waals surface area contributed by atoms with E-state index < -0.39 is 0 Å². The number of anilines is 2. The molecule has 0 fully saturated rings. The summed E-state index contributed by atoms with van der Waals surface area (Å²) in [6.07, 6.45) is 1.11. The maximum absolute atomic E-state index is 12.6. The van der Waals surface area contributed by atoms with Crippen molar-refractivity contribution >= 4 is 23.2 Å². The number of carbonyl (C=O) groups is 2. The summed E-state index contributed by atoms with van der Waals surface area (Å²) in [5.41, 5.74) is 2.86. The predicted octanol–water partition coefficient (Wildman–Crippen LogP) is 2.84. The minimum atomic E-state index is -0.287. The molecule has 0 radical (unpaired) electrons. The number of ether oxygens (including phenoxy) is 2. The van der Waals surface area contributed by atoms with Crippen LogP contribution in [0.4, 0.5) is 11.4 Å². The lowest BCUT2D eigenvalue weighted by atomic mass is 10.0. The van der Waals surface area contributed by atoms with Gasteiger partial charge in [-0.1, -0.05) is 6.07 Å². The second-order valence-electron chi connectivity index (χ2n) is 5.42.